The van der Waals surface area contributed by atoms with E-state index in [1.807, 2.05) is 6.07 Å². The molecule has 0 spiro atoms. The molecule has 102 valence electrons. The van der Waals surface area contributed by atoms with E-state index >= 15 is 0 Å². The summed E-state index contributed by atoms with van der Waals surface area (Å²) in [6, 6.07) is 13.3. The highest BCUT2D eigenvalue weighted by molar-refractivity contribution is 6.09. The fraction of sp³-hybridized carbons (Fsp3) is 0.0714. The fourth-order valence-corrected chi connectivity index (χ4v) is 1.86. The molecule has 0 radical (unpaired) electrons. The molecule has 0 saturated carbocycles. The van der Waals surface area contributed by atoms with Gasteiger partial charge < -0.3 is 10.6 Å². The molecule has 0 unspecified atom stereocenters. The molecule has 20 heavy (non-hydrogen) atoms. The van der Waals surface area contributed by atoms with Crippen LogP contribution in [0.25, 0.3) is 0 Å². The summed E-state index contributed by atoms with van der Waals surface area (Å²) in [5.74, 6) is -0.399. The predicted octanol–water partition coefficient (Wildman–Crippen LogP) is 2.89. The molecule has 0 aliphatic carbocycles. The minimum absolute atomic E-state index is 0.131. The smallest absolute Gasteiger partial charge is 0.293 e. The van der Waals surface area contributed by atoms with Crippen LogP contribution in [-0.4, -0.2) is 17.9 Å². The number of amides is 1. The van der Waals surface area contributed by atoms with Gasteiger partial charge in [0.05, 0.1) is 10.5 Å². The molecule has 0 aromatic heterocycles. The van der Waals surface area contributed by atoms with Crippen LogP contribution in [0.1, 0.15) is 10.4 Å². The van der Waals surface area contributed by atoms with Crippen LogP contribution >= 0.6 is 0 Å². The third-order valence-corrected chi connectivity index (χ3v) is 2.77. The lowest BCUT2D eigenvalue weighted by molar-refractivity contribution is -0.384. The van der Waals surface area contributed by atoms with Gasteiger partial charge in [-0.2, -0.15) is 0 Å². The molecule has 0 heterocycles. The molecule has 6 heteroatoms. The van der Waals surface area contributed by atoms with Gasteiger partial charge in [0.15, 0.2) is 0 Å². The first-order chi connectivity index (χ1) is 9.63. The summed E-state index contributed by atoms with van der Waals surface area (Å²) in [6.45, 7) is 0. The molecule has 1 amide bonds. The number of carbonyl (C=O) groups is 1. The lowest BCUT2D eigenvalue weighted by Gasteiger charge is -2.10. The number of anilines is 2. The largest absolute Gasteiger partial charge is 0.382 e. The minimum Gasteiger partial charge on any atom is -0.382 e. The monoisotopic (exact) mass is 271 g/mol. The van der Waals surface area contributed by atoms with Gasteiger partial charge in [-0.05, 0) is 18.2 Å². The Bertz CT molecular complexity index is 641. The average molecular weight is 271 g/mol. The highest BCUT2D eigenvalue weighted by atomic mass is 16.6. The Hall–Kier alpha value is -2.89. The second kappa shape index (κ2) is 5.83. The molecule has 0 bridgehead atoms. The number of para-hydroxylation sites is 2. The van der Waals surface area contributed by atoms with Crippen LogP contribution in [0.4, 0.5) is 17.1 Å². The number of benzene rings is 2. The first-order valence-electron chi connectivity index (χ1n) is 5.95. The number of rotatable bonds is 4. The van der Waals surface area contributed by atoms with E-state index in [0.29, 0.717) is 5.69 Å². The van der Waals surface area contributed by atoms with E-state index in [1.54, 1.807) is 31.3 Å². The van der Waals surface area contributed by atoms with Crippen molar-refractivity contribution in [3.05, 3.63) is 64.2 Å². The standard InChI is InChI=1S/C14H13N3O3/c1-15-13-11(8-5-9-12(13)17(19)20)14(18)16-10-6-3-2-4-7-10/h2-9,15H,1H3,(H,16,18). The molecule has 0 saturated heterocycles. The van der Waals surface area contributed by atoms with Crippen molar-refractivity contribution in [2.24, 2.45) is 0 Å². The average Bonchev–Trinajstić information content (AvgIpc) is 2.47. The van der Waals surface area contributed by atoms with Crippen molar-refractivity contribution in [1.82, 2.24) is 0 Å². The molecular weight excluding hydrogens is 258 g/mol. The molecule has 0 atom stereocenters. The van der Waals surface area contributed by atoms with Crippen LogP contribution < -0.4 is 10.6 Å². The Morgan fingerprint density at radius 3 is 2.40 bits per heavy atom. The first kappa shape index (κ1) is 13.5. The molecule has 2 N–H and O–H groups in total. The van der Waals surface area contributed by atoms with Gasteiger partial charge >= 0.3 is 0 Å². The van der Waals surface area contributed by atoms with Gasteiger partial charge in [-0.25, -0.2) is 0 Å². The summed E-state index contributed by atoms with van der Waals surface area (Å²) in [5, 5.41) is 16.4. The van der Waals surface area contributed by atoms with Crippen molar-refractivity contribution >= 4 is 23.0 Å². The molecule has 2 aromatic carbocycles. The summed E-state index contributed by atoms with van der Waals surface area (Å²) in [4.78, 5) is 22.6. The maximum atomic E-state index is 12.2. The van der Waals surface area contributed by atoms with Crippen LogP contribution in [0.15, 0.2) is 48.5 Å². The maximum absolute atomic E-state index is 12.2. The Morgan fingerprint density at radius 1 is 1.10 bits per heavy atom. The molecule has 0 aliphatic rings. The van der Waals surface area contributed by atoms with Crippen molar-refractivity contribution in [3.8, 4) is 0 Å². The van der Waals surface area contributed by atoms with Crippen molar-refractivity contribution in [3.63, 3.8) is 0 Å². The minimum atomic E-state index is -0.523. The zero-order valence-electron chi connectivity index (χ0n) is 10.8. The molecule has 0 aliphatic heterocycles. The van der Waals surface area contributed by atoms with E-state index in [1.165, 1.54) is 18.2 Å². The fourth-order valence-electron chi connectivity index (χ4n) is 1.86. The topological polar surface area (TPSA) is 84.3 Å². The van der Waals surface area contributed by atoms with Crippen LogP contribution in [0.3, 0.4) is 0 Å². The van der Waals surface area contributed by atoms with E-state index < -0.39 is 10.8 Å². The summed E-state index contributed by atoms with van der Waals surface area (Å²) in [7, 11) is 1.54. The number of hydrogen-bond acceptors (Lipinski definition) is 4. The summed E-state index contributed by atoms with van der Waals surface area (Å²) >= 11 is 0. The summed E-state index contributed by atoms with van der Waals surface area (Å²) in [5.41, 5.74) is 0.927. The van der Waals surface area contributed by atoms with Gasteiger partial charge in [0.2, 0.25) is 0 Å². The molecule has 0 fully saturated rings. The van der Waals surface area contributed by atoms with Gasteiger partial charge in [-0.3, -0.25) is 14.9 Å². The molecule has 2 aromatic rings. The van der Waals surface area contributed by atoms with E-state index in [2.05, 4.69) is 10.6 Å². The van der Waals surface area contributed by atoms with Crippen molar-refractivity contribution in [1.29, 1.82) is 0 Å². The summed E-state index contributed by atoms with van der Waals surface area (Å²) in [6.07, 6.45) is 0. The van der Waals surface area contributed by atoms with E-state index in [4.69, 9.17) is 0 Å². The van der Waals surface area contributed by atoms with E-state index in [9.17, 15) is 14.9 Å². The lowest BCUT2D eigenvalue weighted by atomic mass is 10.1. The van der Waals surface area contributed by atoms with Gasteiger partial charge in [0.25, 0.3) is 11.6 Å². The number of hydrogen-bond donors (Lipinski definition) is 2. The van der Waals surface area contributed by atoms with Crippen LogP contribution in [0.2, 0.25) is 0 Å². The number of nitrogens with zero attached hydrogens (tertiary/aromatic N) is 1. The van der Waals surface area contributed by atoms with E-state index in [0.717, 1.165) is 0 Å². The van der Waals surface area contributed by atoms with Crippen LogP contribution in [-0.2, 0) is 0 Å². The van der Waals surface area contributed by atoms with Crippen molar-refractivity contribution in [2.75, 3.05) is 17.7 Å². The number of carbonyl (C=O) groups excluding carboxylic acids is 1. The Kier molecular flexibility index (Phi) is 3.95. The number of nitro benzene ring substituents is 1. The van der Waals surface area contributed by atoms with Gasteiger partial charge in [0, 0.05) is 18.8 Å². The van der Waals surface area contributed by atoms with Crippen molar-refractivity contribution in [2.45, 2.75) is 0 Å². The summed E-state index contributed by atoms with van der Waals surface area (Å²) < 4.78 is 0. The predicted molar refractivity (Wildman–Crippen MR) is 77.0 cm³/mol. The Balaban J connectivity index is 2.35. The van der Waals surface area contributed by atoms with Crippen LogP contribution in [0.5, 0.6) is 0 Å². The molecular formula is C14H13N3O3. The maximum Gasteiger partial charge on any atom is 0.293 e. The number of nitrogens with one attached hydrogen (secondary N) is 2. The molecule has 6 nitrogen and oxygen atoms in total. The zero-order chi connectivity index (χ0) is 14.5. The zero-order valence-corrected chi connectivity index (χ0v) is 10.8. The lowest BCUT2D eigenvalue weighted by Crippen LogP contribution is -2.14. The second-order valence-corrected chi connectivity index (χ2v) is 4.03. The SMILES string of the molecule is CNc1c(C(=O)Nc2ccccc2)cccc1[N+](=O)[O-]. The Morgan fingerprint density at radius 2 is 1.80 bits per heavy atom. The highest BCUT2D eigenvalue weighted by Crippen LogP contribution is 2.28. The van der Waals surface area contributed by atoms with Crippen molar-refractivity contribution < 1.29 is 9.72 Å². The highest BCUT2D eigenvalue weighted by Gasteiger charge is 2.20. The van der Waals surface area contributed by atoms with Gasteiger partial charge in [-0.15, -0.1) is 0 Å². The quantitative estimate of drug-likeness (QED) is 0.661. The third kappa shape index (κ3) is 2.74. The van der Waals surface area contributed by atoms with E-state index in [-0.39, 0.29) is 16.9 Å². The molecule has 2 rings (SSSR count). The van der Waals surface area contributed by atoms with Gasteiger partial charge in [0.1, 0.15) is 5.69 Å². The van der Waals surface area contributed by atoms with Crippen LogP contribution in [0, 0.1) is 10.1 Å². The number of nitro groups is 1. The van der Waals surface area contributed by atoms with Gasteiger partial charge in [-0.1, -0.05) is 24.3 Å². The third-order valence-electron chi connectivity index (χ3n) is 2.77. The second-order valence-electron chi connectivity index (χ2n) is 4.03. The first-order valence-corrected chi connectivity index (χ1v) is 5.95. The Labute approximate surface area is 115 Å². The normalized spacial score (nSPS) is 9.85.